The van der Waals surface area contributed by atoms with E-state index in [0.29, 0.717) is 23.5 Å². The molecule has 0 aliphatic heterocycles. The third-order valence-electron chi connectivity index (χ3n) is 5.88. The lowest BCUT2D eigenvalue weighted by Gasteiger charge is -2.26. The number of nitrogens with one attached hydrogen (secondary N) is 1. The van der Waals surface area contributed by atoms with Crippen molar-refractivity contribution in [3.05, 3.63) is 89.0 Å². The Morgan fingerprint density at radius 3 is 2.22 bits per heavy atom. The van der Waals surface area contributed by atoms with E-state index in [0.717, 1.165) is 33.8 Å². The minimum Gasteiger partial charge on any atom is -0.462 e. The second-order valence-corrected chi connectivity index (χ2v) is 10.5. The van der Waals surface area contributed by atoms with Crippen molar-refractivity contribution in [3.8, 4) is 0 Å². The zero-order valence-corrected chi connectivity index (χ0v) is 21.9. The summed E-state index contributed by atoms with van der Waals surface area (Å²) < 4.78 is 33.6. The maximum Gasteiger partial charge on any atom is 0.338 e. The highest BCUT2D eigenvalue weighted by molar-refractivity contribution is 7.92. The van der Waals surface area contributed by atoms with Crippen molar-refractivity contribution in [2.75, 3.05) is 22.8 Å². The van der Waals surface area contributed by atoms with Gasteiger partial charge in [-0.1, -0.05) is 43.2 Å². The van der Waals surface area contributed by atoms with Gasteiger partial charge < -0.3 is 10.1 Å². The lowest BCUT2D eigenvalue weighted by Crippen LogP contribution is -2.38. The molecule has 0 spiro atoms. The monoisotopic (exact) mass is 508 g/mol. The van der Waals surface area contributed by atoms with Crippen LogP contribution in [0, 0.1) is 20.8 Å². The van der Waals surface area contributed by atoms with Crippen LogP contribution in [0.25, 0.3) is 0 Å². The third-order valence-corrected chi connectivity index (χ3v) is 7.65. The fourth-order valence-electron chi connectivity index (χ4n) is 3.56. The number of hydrogen-bond donors (Lipinski definition) is 1. The van der Waals surface area contributed by atoms with E-state index in [-0.39, 0.29) is 4.90 Å². The molecule has 0 unspecified atom stereocenters. The van der Waals surface area contributed by atoms with Crippen LogP contribution in [0.4, 0.5) is 11.4 Å². The smallest absolute Gasteiger partial charge is 0.338 e. The van der Waals surface area contributed by atoms with Gasteiger partial charge in [0.05, 0.1) is 22.8 Å². The second-order valence-electron chi connectivity index (χ2n) is 8.66. The van der Waals surface area contributed by atoms with E-state index in [4.69, 9.17) is 4.74 Å². The van der Waals surface area contributed by atoms with Crippen molar-refractivity contribution in [1.29, 1.82) is 0 Å². The summed E-state index contributed by atoms with van der Waals surface area (Å²) >= 11 is 0. The zero-order valence-electron chi connectivity index (χ0n) is 21.1. The maximum atomic E-state index is 13.6. The van der Waals surface area contributed by atoms with Crippen molar-refractivity contribution in [3.63, 3.8) is 0 Å². The molecular weight excluding hydrogens is 476 g/mol. The van der Waals surface area contributed by atoms with Crippen LogP contribution >= 0.6 is 0 Å². The Hall–Kier alpha value is -3.65. The summed E-state index contributed by atoms with van der Waals surface area (Å²) in [6.45, 7) is 7.56. The SMILES string of the molecule is CCCCOC(=O)c1ccc(NC(=O)CN(c2cccc(C)c2C)S(=O)(=O)c2ccc(C)cc2)cc1. The molecule has 0 heterocycles. The van der Waals surface area contributed by atoms with Gasteiger partial charge in [-0.05, 0) is 80.8 Å². The molecule has 0 bridgehead atoms. The predicted molar refractivity (Wildman–Crippen MR) is 142 cm³/mol. The van der Waals surface area contributed by atoms with Crippen molar-refractivity contribution in [1.82, 2.24) is 0 Å². The number of sulfonamides is 1. The van der Waals surface area contributed by atoms with Crippen molar-refractivity contribution in [2.45, 2.75) is 45.4 Å². The quantitative estimate of drug-likeness (QED) is 0.292. The molecular formula is C28H32N2O5S. The van der Waals surface area contributed by atoms with Gasteiger partial charge in [0.2, 0.25) is 5.91 Å². The van der Waals surface area contributed by atoms with Crippen LogP contribution in [-0.4, -0.2) is 33.4 Å². The first-order valence-corrected chi connectivity index (χ1v) is 13.3. The molecule has 0 saturated heterocycles. The summed E-state index contributed by atoms with van der Waals surface area (Å²) in [5, 5.41) is 2.73. The molecule has 0 atom stereocenters. The van der Waals surface area contributed by atoms with Gasteiger partial charge in [0.1, 0.15) is 6.54 Å². The summed E-state index contributed by atoms with van der Waals surface area (Å²) in [4.78, 5) is 25.2. The highest BCUT2D eigenvalue weighted by Gasteiger charge is 2.28. The number of carbonyl (C=O) groups excluding carboxylic acids is 2. The molecule has 0 radical (unpaired) electrons. The Morgan fingerprint density at radius 2 is 1.58 bits per heavy atom. The van der Waals surface area contributed by atoms with Crippen LogP contribution in [0.2, 0.25) is 0 Å². The number of carbonyl (C=O) groups is 2. The highest BCUT2D eigenvalue weighted by atomic mass is 32.2. The standard InChI is InChI=1S/C28H32N2O5S/c1-5-6-18-35-28(32)23-12-14-24(15-13-23)29-27(31)19-30(26-9-7-8-21(3)22(26)4)36(33,34)25-16-10-20(2)11-17-25/h7-17H,5-6,18-19H2,1-4H3,(H,29,31). The topological polar surface area (TPSA) is 92.8 Å². The number of unbranched alkanes of at least 4 members (excludes halogenated alkanes) is 1. The van der Waals surface area contributed by atoms with Crippen LogP contribution in [0.1, 0.15) is 46.8 Å². The van der Waals surface area contributed by atoms with E-state index in [1.807, 2.05) is 33.8 Å². The number of ether oxygens (including phenoxy) is 1. The minimum absolute atomic E-state index is 0.104. The Morgan fingerprint density at radius 1 is 0.917 bits per heavy atom. The average molecular weight is 509 g/mol. The summed E-state index contributed by atoms with van der Waals surface area (Å²) in [7, 11) is -4.02. The van der Waals surface area contributed by atoms with Crippen molar-refractivity contribution < 1.29 is 22.7 Å². The maximum absolute atomic E-state index is 13.6. The van der Waals surface area contributed by atoms with Crippen LogP contribution in [0.15, 0.2) is 71.6 Å². The number of nitrogens with zero attached hydrogens (tertiary/aromatic N) is 1. The summed E-state index contributed by atoms with van der Waals surface area (Å²) in [5.74, 6) is -0.934. The second kappa shape index (κ2) is 11.9. The van der Waals surface area contributed by atoms with Crippen molar-refractivity contribution in [2.24, 2.45) is 0 Å². The summed E-state index contributed by atoms with van der Waals surface area (Å²) in [6, 6.07) is 18.2. The third kappa shape index (κ3) is 6.51. The van der Waals surface area contributed by atoms with E-state index in [1.54, 1.807) is 60.7 Å². The molecule has 1 N–H and O–H groups in total. The van der Waals surface area contributed by atoms with E-state index in [9.17, 15) is 18.0 Å². The van der Waals surface area contributed by atoms with E-state index in [1.165, 1.54) is 0 Å². The Bertz CT molecular complexity index is 1320. The Labute approximate surface area is 213 Å². The normalized spacial score (nSPS) is 11.1. The first-order valence-electron chi connectivity index (χ1n) is 11.9. The fourth-order valence-corrected chi connectivity index (χ4v) is 5.03. The van der Waals surface area contributed by atoms with Gasteiger partial charge in [0, 0.05) is 5.69 Å². The number of hydrogen-bond acceptors (Lipinski definition) is 5. The molecule has 0 fully saturated rings. The van der Waals surface area contributed by atoms with Gasteiger partial charge in [-0.25, -0.2) is 13.2 Å². The summed E-state index contributed by atoms with van der Waals surface area (Å²) in [5.41, 5.74) is 3.88. The van der Waals surface area contributed by atoms with Crippen LogP contribution < -0.4 is 9.62 Å². The van der Waals surface area contributed by atoms with E-state index in [2.05, 4.69) is 5.32 Å². The van der Waals surface area contributed by atoms with E-state index < -0.39 is 28.4 Å². The van der Waals surface area contributed by atoms with Crippen LogP contribution in [0.3, 0.4) is 0 Å². The van der Waals surface area contributed by atoms with Gasteiger partial charge in [-0.3, -0.25) is 9.10 Å². The van der Waals surface area contributed by atoms with Gasteiger partial charge in [-0.15, -0.1) is 0 Å². The molecule has 0 aliphatic rings. The molecule has 1 amide bonds. The molecule has 3 rings (SSSR count). The molecule has 8 heteroatoms. The van der Waals surface area contributed by atoms with Crippen LogP contribution in [0.5, 0.6) is 0 Å². The molecule has 0 aromatic heterocycles. The molecule has 3 aromatic carbocycles. The van der Waals surface area contributed by atoms with Gasteiger partial charge in [-0.2, -0.15) is 0 Å². The Balaban J connectivity index is 1.83. The predicted octanol–water partition coefficient (Wildman–Crippen LogP) is 5.40. The van der Waals surface area contributed by atoms with Crippen molar-refractivity contribution >= 4 is 33.3 Å². The Kier molecular flexibility index (Phi) is 8.88. The lowest BCUT2D eigenvalue weighted by molar-refractivity contribution is -0.114. The summed E-state index contributed by atoms with van der Waals surface area (Å²) in [6.07, 6.45) is 1.72. The molecule has 36 heavy (non-hydrogen) atoms. The van der Waals surface area contributed by atoms with E-state index >= 15 is 0 Å². The number of esters is 1. The highest BCUT2D eigenvalue weighted by Crippen LogP contribution is 2.29. The fraction of sp³-hybridized carbons (Fsp3) is 0.286. The van der Waals surface area contributed by atoms with Gasteiger partial charge in [0.25, 0.3) is 10.0 Å². The average Bonchev–Trinajstić information content (AvgIpc) is 2.85. The minimum atomic E-state index is -4.02. The molecule has 7 nitrogen and oxygen atoms in total. The largest absolute Gasteiger partial charge is 0.462 e. The van der Waals surface area contributed by atoms with Crippen LogP contribution in [-0.2, 0) is 19.6 Å². The number of aryl methyl sites for hydroxylation is 2. The number of amides is 1. The molecule has 190 valence electrons. The lowest BCUT2D eigenvalue weighted by atomic mass is 10.1. The number of rotatable bonds is 10. The number of benzene rings is 3. The van der Waals surface area contributed by atoms with Gasteiger partial charge >= 0.3 is 5.97 Å². The first kappa shape index (κ1) is 26.9. The molecule has 3 aromatic rings. The zero-order chi connectivity index (χ0) is 26.3. The van der Waals surface area contributed by atoms with Gasteiger partial charge in [0.15, 0.2) is 0 Å². The number of anilines is 2. The molecule has 0 aliphatic carbocycles. The molecule has 0 saturated carbocycles. The first-order chi connectivity index (χ1) is 17.1.